The third kappa shape index (κ3) is 5.60. The molecule has 1 N–H and O–H groups in total. The number of nitrogens with zero attached hydrogens (tertiary/aromatic N) is 1. The van der Waals surface area contributed by atoms with Gasteiger partial charge in [0.2, 0.25) is 11.8 Å². The van der Waals surface area contributed by atoms with E-state index in [4.69, 9.17) is 0 Å². The Labute approximate surface area is 183 Å². The van der Waals surface area contributed by atoms with Gasteiger partial charge in [0, 0.05) is 37.5 Å². The van der Waals surface area contributed by atoms with Crippen molar-refractivity contribution >= 4 is 17.5 Å². The fourth-order valence-electron chi connectivity index (χ4n) is 4.19. The number of piperidine rings is 1. The molecule has 0 saturated carbocycles. The summed E-state index contributed by atoms with van der Waals surface area (Å²) in [4.78, 5) is 27.0. The molecule has 1 fully saturated rings. The maximum absolute atomic E-state index is 12.9. The van der Waals surface area contributed by atoms with Crippen LogP contribution in [0.15, 0.2) is 84.9 Å². The number of nitrogens with one attached hydrogen (secondary N) is 1. The minimum absolute atomic E-state index is 0.00319. The Bertz CT molecular complexity index is 978. The van der Waals surface area contributed by atoms with Gasteiger partial charge in [-0.2, -0.15) is 0 Å². The third-order valence-electron chi connectivity index (χ3n) is 5.80. The number of amides is 2. The SMILES string of the molecule is O=C(CC(c1ccccc1)c1ccccc1)Nc1cccc(CN2CCCCC2=O)c1. The summed E-state index contributed by atoms with van der Waals surface area (Å²) in [5, 5.41) is 3.06. The van der Waals surface area contributed by atoms with Crippen LogP contribution >= 0.6 is 0 Å². The smallest absolute Gasteiger partial charge is 0.225 e. The first-order valence-corrected chi connectivity index (χ1v) is 11.0. The number of hydrogen-bond donors (Lipinski definition) is 1. The summed E-state index contributed by atoms with van der Waals surface area (Å²) in [6.07, 6.45) is 3.04. The second-order valence-electron chi connectivity index (χ2n) is 8.10. The molecule has 2 amide bonds. The summed E-state index contributed by atoms with van der Waals surface area (Å²) < 4.78 is 0. The van der Waals surface area contributed by atoms with Crippen molar-refractivity contribution in [2.24, 2.45) is 0 Å². The van der Waals surface area contributed by atoms with Gasteiger partial charge in [-0.15, -0.1) is 0 Å². The van der Waals surface area contributed by atoms with Gasteiger partial charge in [0.05, 0.1) is 0 Å². The molecule has 4 heteroatoms. The third-order valence-corrected chi connectivity index (χ3v) is 5.80. The Morgan fingerprint density at radius 2 is 1.55 bits per heavy atom. The standard InChI is InChI=1S/C27H28N2O2/c30-26(19-25(22-11-3-1-4-12-22)23-13-5-2-6-14-23)28-24-15-9-10-21(18-24)20-29-17-8-7-16-27(29)31/h1-6,9-15,18,25H,7-8,16-17,19-20H2,(H,28,30). The van der Waals surface area contributed by atoms with E-state index in [0.29, 0.717) is 19.4 Å². The van der Waals surface area contributed by atoms with Crippen LogP contribution in [-0.2, 0) is 16.1 Å². The molecule has 0 spiro atoms. The number of benzene rings is 3. The van der Waals surface area contributed by atoms with Gasteiger partial charge in [-0.3, -0.25) is 9.59 Å². The summed E-state index contributed by atoms with van der Waals surface area (Å²) in [5.74, 6) is 0.190. The van der Waals surface area contributed by atoms with Crippen molar-refractivity contribution in [3.05, 3.63) is 102 Å². The summed E-state index contributed by atoms with van der Waals surface area (Å²) in [6, 6.07) is 28.1. The molecule has 1 aliphatic rings. The zero-order valence-electron chi connectivity index (χ0n) is 17.7. The number of carbonyl (C=O) groups is 2. The molecule has 1 saturated heterocycles. The van der Waals surface area contributed by atoms with Crippen LogP contribution in [0.2, 0.25) is 0 Å². The maximum Gasteiger partial charge on any atom is 0.225 e. The molecule has 0 aliphatic carbocycles. The minimum Gasteiger partial charge on any atom is -0.338 e. The Kier molecular flexibility index (Phi) is 6.78. The van der Waals surface area contributed by atoms with E-state index in [-0.39, 0.29) is 17.7 Å². The van der Waals surface area contributed by atoms with Gasteiger partial charge >= 0.3 is 0 Å². The molecular formula is C27H28N2O2. The van der Waals surface area contributed by atoms with Crippen molar-refractivity contribution in [1.82, 2.24) is 4.90 Å². The minimum atomic E-state index is -0.0242. The molecule has 4 rings (SSSR count). The van der Waals surface area contributed by atoms with E-state index >= 15 is 0 Å². The van der Waals surface area contributed by atoms with Crippen LogP contribution in [0.1, 0.15) is 48.3 Å². The average Bonchev–Trinajstić information content (AvgIpc) is 2.80. The quantitative estimate of drug-likeness (QED) is 0.568. The fourth-order valence-corrected chi connectivity index (χ4v) is 4.19. The predicted octanol–water partition coefficient (Wildman–Crippen LogP) is 5.36. The van der Waals surface area contributed by atoms with Crippen molar-refractivity contribution in [2.45, 2.75) is 38.1 Å². The van der Waals surface area contributed by atoms with E-state index in [9.17, 15) is 9.59 Å². The van der Waals surface area contributed by atoms with Crippen LogP contribution in [0.3, 0.4) is 0 Å². The largest absolute Gasteiger partial charge is 0.338 e. The van der Waals surface area contributed by atoms with E-state index in [1.807, 2.05) is 65.6 Å². The van der Waals surface area contributed by atoms with E-state index in [2.05, 4.69) is 29.6 Å². The summed E-state index contributed by atoms with van der Waals surface area (Å²) >= 11 is 0. The van der Waals surface area contributed by atoms with Gasteiger partial charge in [-0.25, -0.2) is 0 Å². The van der Waals surface area contributed by atoms with Crippen LogP contribution in [0.4, 0.5) is 5.69 Å². The van der Waals surface area contributed by atoms with Crippen LogP contribution in [0.5, 0.6) is 0 Å². The summed E-state index contributed by atoms with van der Waals surface area (Å²) in [6.45, 7) is 1.41. The first-order valence-electron chi connectivity index (χ1n) is 11.0. The van der Waals surface area contributed by atoms with Gasteiger partial charge in [0.1, 0.15) is 0 Å². The van der Waals surface area contributed by atoms with E-state index in [1.54, 1.807) is 0 Å². The topological polar surface area (TPSA) is 49.4 Å². The number of carbonyl (C=O) groups excluding carboxylic acids is 2. The molecule has 3 aromatic rings. The lowest BCUT2D eigenvalue weighted by atomic mass is 9.88. The highest BCUT2D eigenvalue weighted by Gasteiger charge is 2.20. The van der Waals surface area contributed by atoms with Gasteiger partial charge < -0.3 is 10.2 Å². The van der Waals surface area contributed by atoms with Crippen LogP contribution < -0.4 is 5.32 Å². The van der Waals surface area contributed by atoms with Gasteiger partial charge in [0.15, 0.2) is 0 Å². The average molecular weight is 413 g/mol. The molecule has 3 aromatic carbocycles. The molecule has 0 unspecified atom stereocenters. The first-order chi connectivity index (χ1) is 15.2. The summed E-state index contributed by atoms with van der Waals surface area (Å²) in [7, 11) is 0. The molecule has 0 bridgehead atoms. The highest BCUT2D eigenvalue weighted by atomic mass is 16.2. The second kappa shape index (κ2) is 10.1. The monoisotopic (exact) mass is 412 g/mol. The van der Waals surface area contributed by atoms with Crippen molar-refractivity contribution < 1.29 is 9.59 Å². The van der Waals surface area contributed by atoms with Crippen molar-refractivity contribution in [1.29, 1.82) is 0 Å². The highest BCUT2D eigenvalue weighted by Crippen LogP contribution is 2.28. The molecule has 158 valence electrons. The molecular weight excluding hydrogens is 384 g/mol. The van der Waals surface area contributed by atoms with Gasteiger partial charge in [-0.1, -0.05) is 72.8 Å². The van der Waals surface area contributed by atoms with Gasteiger partial charge in [-0.05, 0) is 41.7 Å². The molecule has 1 heterocycles. The number of hydrogen-bond acceptors (Lipinski definition) is 2. The Hall–Kier alpha value is -3.40. The Balaban J connectivity index is 1.45. The van der Waals surface area contributed by atoms with Crippen LogP contribution in [-0.4, -0.2) is 23.3 Å². The molecule has 31 heavy (non-hydrogen) atoms. The van der Waals surface area contributed by atoms with Crippen LogP contribution in [0.25, 0.3) is 0 Å². The molecule has 0 aromatic heterocycles. The first kappa shape index (κ1) is 20.9. The van der Waals surface area contributed by atoms with Crippen molar-refractivity contribution in [3.8, 4) is 0 Å². The number of rotatable bonds is 7. The maximum atomic E-state index is 12.9. The molecule has 1 aliphatic heterocycles. The summed E-state index contributed by atoms with van der Waals surface area (Å²) in [5.41, 5.74) is 4.06. The molecule has 0 radical (unpaired) electrons. The van der Waals surface area contributed by atoms with E-state index < -0.39 is 0 Å². The van der Waals surface area contributed by atoms with Crippen molar-refractivity contribution in [3.63, 3.8) is 0 Å². The normalized spacial score (nSPS) is 14.0. The Morgan fingerprint density at radius 3 is 2.19 bits per heavy atom. The fraction of sp³-hybridized carbons (Fsp3) is 0.259. The lowest BCUT2D eigenvalue weighted by molar-refractivity contribution is -0.133. The van der Waals surface area contributed by atoms with Crippen LogP contribution in [0, 0.1) is 0 Å². The zero-order chi connectivity index (χ0) is 21.5. The lowest BCUT2D eigenvalue weighted by Crippen LogP contribution is -2.34. The molecule has 4 nitrogen and oxygen atoms in total. The zero-order valence-corrected chi connectivity index (χ0v) is 17.7. The Morgan fingerprint density at radius 1 is 0.871 bits per heavy atom. The second-order valence-corrected chi connectivity index (χ2v) is 8.10. The highest BCUT2D eigenvalue weighted by molar-refractivity contribution is 5.91. The van der Waals surface area contributed by atoms with Crippen molar-refractivity contribution in [2.75, 3.05) is 11.9 Å². The van der Waals surface area contributed by atoms with E-state index in [1.165, 1.54) is 0 Å². The number of likely N-dealkylation sites (tertiary alicyclic amines) is 1. The molecule has 0 atom stereocenters. The lowest BCUT2D eigenvalue weighted by Gasteiger charge is -2.27. The van der Waals surface area contributed by atoms with E-state index in [0.717, 1.165) is 41.8 Å². The van der Waals surface area contributed by atoms with Gasteiger partial charge in [0.25, 0.3) is 0 Å². The predicted molar refractivity (Wildman–Crippen MR) is 124 cm³/mol. The number of anilines is 1.